The molecule has 0 aliphatic heterocycles. The number of rotatable bonds is 17. The molecule has 0 aromatic carbocycles. The molecular formula is C21H42O3. The van der Waals surface area contributed by atoms with Gasteiger partial charge in [-0.2, -0.15) is 0 Å². The standard InChI is InChI=1S/C21H42O3/c1-5-8-10-11-12-13-14-15-17-20(23-4)21(22)24-18-19(7-3)16-9-6-2/h19-20H,5-18H2,1-4H3. The van der Waals surface area contributed by atoms with Crippen molar-refractivity contribution in [1.82, 2.24) is 0 Å². The monoisotopic (exact) mass is 342 g/mol. The van der Waals surface area contributed by atoms with Crippen LogP contribution in [-0.2, 0) is 14.3 Å². The van der Waals surface area contributed by atoms with Gasteiger partial charge in [-0.25, -0.2) is 4.79 Å². The first kappa shape index (κ1) is 23.4. The van der Waals surface area contributed by atoms with Gasteiger partial charge in [0.1, 0.15) is 0 Å². The Morgan fingerprint density at radius 2 is 1.38 bits per heavy atom. The van der Waals surface area contributed by atoms with Crippen LogP contribution in [0.15, 0.2) is 0 Å². The van der Waals surface area contributed by atoms with E-state index in [2.05, 4.69) is 20.8 Å². The molecule has 144 valence electrons. The van der Waals surface area contributed by atoms with Crippen LogP contribution in [0.25, 0.3) is 0 Å². The lowest BCUT2D eigenvalue weighted by molar-refractivity contribution is -0.157. The molecule has 0 saturated carbocycles. The van der Waals surface area contributed by atoms with Crippen molar-refractivity contribution >= 4 is 5.97 Å². The number of unbranched alkanes of at least 4 members (excludes halogenated alkanes) is 8. The summed E-state index contributed by atoms with van der Waals surface area (Å²) in [6.45, 7) is 7.16. The predicted octanol–water partition coefficient (Wildman–Crippen LogP) is 6.29. The normalized spacial score (nSPS) is 13.7. The molecule has 3 nitrogen and oxygen atoms in total. The fourth-order valence-electron chi connectivity index (χ4n) is 2.99. The van der Waals surface area contributed by atoms with E-state index >= 15 is 0 Å². The summed E-state index contributed by atoms with van der Waals surface area (Å²) in [5.74, 6) is 0.324. The second-order valence-electron chi connectivity index (χ2n) is 7.03. The van der Waals surface area contributed by atoms with Gasteiger partial charge in [-0.3, -0.25) is 0 Å². The maximum Gasteiger partial charge on any atom is 0.335 e. The Morgan fingerprint density at radius 1 is 0.792 bits per heavy atom. The van der Waals surface area contributed by atoms with Crippen molar-refractivity contribution in [3.8, 4) is 0 Å². The van der Waals surface area contributed by atoms with Gasteiger partial charge in [-0.1, -0.05) is 91.4 Å². The van der Waals surface area contributed by atoms with Crippen molar-refractivity contribution in [3.63, 3.8) is 0 Å². The van der Waals surface area contributed by atoms with Crippen molar-refractivity contribution in [2.24, 2.45) is 5.92 Å². The van der Waals surface area contributed by atoms with Gasteiger partial charge in [0.15, 0.2) is 6.10 Å². The smallest absolute Gasteiger partial charge is 0.335 e. The van der Waals surface area contributed by atoms with Crippen molar-refractivity contribution in [3.05, 3.63) is 0 Å². The molecule has 3 heteroatoms. The minimum Gasteiger partial charge on any atom is -0.463 e. The average molecular weight is 343 g/mol. The second-order valence-corrected chi connectivity index (χ2v) is 7.03. The third kappa shape index (κ3) is 12.8. The van der Waals surface area contributed by atoms with Gasteiger partial charge in [0, 0.05) is 7.11 Å². The number of hydrogen-bond donors (Lipinski definition) is 0. The van der Waals surface area contributed by atoms with Crippen LogP contribution in [0.5, 0.6) is 0 Å². The van der Waals surface area contributed by atoms with E-state index < -0.39 is 0 Å². The maximum absolute atomic E-state index is 12.2. The zero-order valence-corrected chi connectivity index (χ0v) is 16.8. The van der Waals surface area contributed by atoms with Crippen molar-refractivity contribution in [2.45, 2.75) is 110 Å². The molecule has 0 rings (SSSR count). The van der Waals surface area contributed by atoms with Crippen LogP contribution in [0.3, 0.4) is 0 Å². The fourth-order valence-corrected chi connectivity index (χ4v) is 2.99. The summed E-state index contributed by atoms with van der Waals surface area (Å²) in [5.41, 5.74) is 0. The molecule has 2 unspecified atom stereocenters. The molecule has 0 fully saturated rings. The highest BCUT2D eigenvalue weighted by Gasteiger charge is 2.20. The summed E-state index contributed by atoms with van der Waals surface area (Å²) in [5, 5.41) is 0. The van der Waals surface area contributed by atoms with Crippen molar-refractivity contribution in [2.75, 3.05) is 13.7 Å². The Balaban J connectivity index is 3.80. The quantitative estimate of drug-likeness (QED) is 0.230. The van der Waals surface area contributed by atoms with E-state index in [0.29, 0.717) is 12.5 Å². The molecule has 0 saturated heterocycles. The summed E-state index contributed by atoms with van der Waals surface area (Å²) < 4.78 is 10.8. The SMILES string of the molecule is CCCCCCCCCCC(OC)C(=O)OCC(CC)CCCC. The third-order valence-electron chi connectivity index (χ3n) is 4.87. The topological polar surface area (TPSA) is 35.5 Å². The molecule has 0 radical (unpaired) electrons. The third-order valence-corrected chi connectivity index (χ3v) is 4.87. The zero-order chi connectivity index (χ0) is 18.0. The molecule has 0 amide bonds. The highest BCUT2D eigenvalue weighted by atomic mass is 16.6. The first-order valence-corrected chi connectivity index (χ1v) is 10.4. The highest BCUT2D eigenvalue weighted by Crippen LogP contribution is 2.15. The van der Waals surface area contributed by atoms with Gasteiger partial charge in [-0.15, -0.1) is 0 Å². The number of ether oxygens (including phenoxy) is 2. The minimum absolute atomic E-state index is 0.171. The Bertz CT molecular complexity index is 278. The second kappa shape index (κ2) is 17.3. The van der Waals surface area contributed by atoms with Gasteiger partial charge < -0.3 is 9.47 Å². The first-order valence-electron chi connectivity index (χ1n) is 10.4. The van der Waals surface area contributed by atoms with Gasteiger partial charge in [0.25, 0.3) is 0 Å². The lowest BCUT2D eigenvalue weighted by Crippen LogP contribution is -2.27. The summed E-state index contributed by atoms with van der Waals surface area (Å²) in [6.07, 6.45) is 15.2. The minimum atomic E-state index is -0.381. The molecule has 0 bridgehead atoms. The van der Waals surface area contributed by atoms with Crippen LogP contribution in [0.1, 0.15) is 104 Å². The van der Waals surface area contributed by atoms with Gasteiger partial charge in [0.05, 0.1) is 6.61 Å². The summed E-state index contributed by atoms with van der Waals surface area (Å²) in [7, 11) is 1.62. The van der Waals surface area contributed by atoms with Crippen molar-refractivity contribution in [1.29, 1.82) is 0 Å². The predicted molar refractivity (Wildman–Crippen MR) is 102 cm³/mol. The van der Waals surface area contributed by atoms with Crippen LogP contribution in [0, 0.1) is 5.92 Å². The van der Waals surface area contributed by atoms with E-state index in [-0.39, 0.29) is 12.1 Å². The molecule has 0 aliphatic carbocycles. The highest BCUT2D eigenvalue weighted by molar-refractivity contribution is 5.74. The number of esters is 1. The fraction of sp³-hybridized carbons (Fsp3) is 0.952. The average Bonchev–Trinajstić information content (AvgIpc) is 2.60. The largest absolute Gasteiger partial charge is 0.463 e. The molecule has 0 heterocycles. The molecule has 0 aromatic rings. The Labute approximate surface area is 150 Å². The first-order chi connectivity index (χ1) is 11.7. The van der Waals surface area contributed by atoms with E-state index in [1.165, 1.54) is 57.8 Å². The number of carbonyl (C=O) groups excluding carboxylic acids is 1. The lowest BCUT2D eigenvalue weighted by Gasteiger charge is -2.18. The van der Waals surface area contributed by atoms with Gasteiger partial charge in [0.2, 0.25) is 0 Å². The van der Waals surface area contributed by atoms with Gasteiger partial charge in [-0.05, 0) is 18.8 Å². The molecule has 0 N–H and O–H groups in total. The van der Waals surface area contributed by atoms with E-state index in [9.17, 15) is 4.79 Å². The molecule has 2 atom stereocenters. The van der Waals surface area contributed by atoms with Crippen molar-refractivity contribution < 1.29 is 14.3 Å². The maximum atomic E-state index is 12.2. The Hall–Kier alpha value is -0.570. The molecule has 0 aromatic heterocycles. The Morgan fingerprint density at radius 3 is 1.92 bits per heavy atom. The molecule has 0 aliphatic rings. The summed E-state index contributed by atoms with van der Waals surface area (Å²) in [6, 6.07) is 0. The van der Waals surface area contributed by atoms with E-state index in [1.807, 2.05) is 0 Å². The van der Waals surface area contributed by atoms with Crippen LogP contribution >= 0.6 is 0 Å². The van der Waals surface area contributed by atoms with E-state index in [4.69, 9.17) is 9.47 Å². The van der Waals surface area contributed by atoms with E-state index in [0.717, 1.165) is 25.7 Å². The number of carbonyl (C=O) groups is 1. The summed E-state index contributed by atoms with van der Waals surface area (Å²) in [4.78, 5) is 12.2. The summed E-state index contributed by atoms with van der Waals surface area (Å²) >= 11 is 0. The van der Waals surface area contributed by atoms with Crippen LogP contribution in [-0.4, -0.2) is 25.8 Å². The lowest BCUT2D eigenvalue weighted by atomic mass is 10.0. The number of hydrogen-bond acceptors (Lipinski definition) is 3. The Kier molecular flexibility index (Phi) is 16.8. The van der Waals surface area contributed by atoms with Crippen LogP contribution in [0.4, 0.5) is 0 Å². The number of methoxy groups -OCH3 is 1. The molecule has 0 spiro atoms. The molecular weight excluding hydrogens is 300 g/mol. The van der Waals surface area contributed by atoms with Gasteiger partial charge >= 0.3 is 5.97 Å². The van der Waals surface area contributed by atoms with Crippen LogP contribution < -0.4 is 0 Å². The van der Waals surface area contributed by atoms with E-state index in [1.54, 1.807) is 7.11 Å². The molecule has 24 heavy (non-hydrogen) atoms. The zero-order valence-electron chi connectivity index (χ0n) is 16.8. The van der Waals surface area contributed by atoms with Crippen LogP contribution in [0.2, 0.25) is 0 Å².